The summed E-state index contributed by atoms with van der Waals surface area (Å²) in [5.41, 5.74) is -0.628. The molecule has 4 heteroatoms. The summed E-state index contributed by atoms with van der Waals surface area (Å²) < 4.78 is 0. The fraction of sp³-hybridized carbons (Fsp3) is 0.611. The third-order valence-electron chi connectivity index (χ3n) is 6.02. The molecule has 4 rings (SSSR count). The number of hydrogen-bond acceptors (Lipinski definition) is 3. The molecular formula is C18H24N2O2. The minimum atomic E-state index is -1.36. The van der Waals surface area contributed by atoms with Crippen molar-refractivity contribution in [1.29, 1.82) is 0 Å². The van der Waals surface area contributed by atoms with Crippen LogP contribution in [0.1, 0.15) is 24.8 Å². The van der Waals surface area contributed by atoms with Crippen LogP contribution in [-0.4, -0.2) is 30.6 Å². The number of hydrogen-bond donors (Lipinski definition) is 3. The predicted molar refractivity (Wildman–Crippen MR) is 84.0 cm³/mol. The second kappa shape index (κ2) is 5.36. The van der Waals surface area contributed by atoms with Crippen LogP contribution in [0.3, 0.4) is 0 Å². The zero-order valence-electron chi connectivity index (χ0n) is 12.8. The fourth-order valence-corrected chi connectivity index (χ4v) is 4.27. The van der Waals surface area contributed by atoms with Crippen molar-refractivity contribution in [2.24, 2.45) is 23.7 Å². The topological polar surface area (TPSA) is 61.4 Å². The van der Waals surface area contributed by atoms with Crippen LogP contribution in [0.25, 0.3) is 0 Å². The molecule has 2 saturated carbocycles. The lowest BCUT2D eigenvalue weighted by Gasteiger charge is -2.40. The van der Waals surface area contributed by atoms with E-state index in [4.69, 9.17) is 0 Å². The maximum absolute atomic E-state index is 12.8. The Hall–Kier alpha value is -1.39. The number of piperidine rings is 1. The van der Waals surface area contributed by atoms with E-state index in [0.29, 0.717) is 12.5 Å². The van der Waals surface area contributed by atoms with Crippen molar-refractivity contribution in [3.63, 3.8) is 0 Å². The monoisotopic (exact) mass is 300 g/mol. The van der Waals surface area contributed by atoms with Gasteiger partial charge in [0.1, 0.15) is 0 Å². The Morgan fingerprint density at radius 1 is 1.23 bits per heavy atom. The highest BCUT2D eigenvalue weighted by atomic mass is 16.3. The normalized spacial score (nSPS) is 32.7. The van der Waals surface area contributed by atoms with Crippen LogP contribution < -0.4 is 10.6 Å². The van der Waals surface area contributed by atoms with Gasteiger partial charge in [0.05, 0.1) is 0 Å². The van der Waals surface area contributed by atoms with E-state index in [1.807, 2.05) is 30.3 Å². The lowest BCUT2D eigenvalue weighted by Crippen LogP contribution is -2.52. The van der Waals surface area contributed by atoms with E-state index in [1.165, 1.54) is 0 Å². The molecule has 0 aromatic heterocycles. The lowest BCUT2D eigenvalue weighted by molar-refractivity contribution is -0.152. The Labute approximate surface area is 131 Å². The SMILES string of the molecule is O=C(NCC1C2CNC[C@@H]21)C(O)(c1ccccc1)C1CCC1. The first-order chi connectivity index (χ1) is 10.7. The van der Waals surface area contributed by atoms with E-state index in [1.54, 1.807) is 0 Å². The molecule has 4 nitrogen and oxygen atoms in total. The van der Waals surface area contributed by atoms with Crippen molar-refractivity contribution >= 4 is 5.91 Å². The van der Waals surface area contributed by atoms with Gasteiger partial charge in [-0.3, -0.25) is 4.79 Å². The lowest BCUT2D eigenvalue weighted by atomic mass is 9.69. The van der Waals surface area contributed by atoms with Gasteiger partial charge in [0.15, 0.2) is 5.60 Å². The van der Waals surface area contributed by atoms with Crippen molar-refractivity contribution in [2.45, 2.75) is 24.9 Å². The highest BCUT2D eigenvalue weighted by molar-refractivity contribution is 5.86. The van der Waals surface area contributed by atoms with Gasteiger partial charge in [-0.05, 0) is 49.2 Å². The first-order valence-electron chi connectivity index (χ1n) is 8.48. The van der Waals surface area contributed by atoms with Crippen molar-refractivity contribution in [1.82, 2.24) is 10.6 Å². The maximum atomic E-state index is 12.8. The molecule has 1 heterocycles. The van der Waals surface area contributed by atoms with Gasteiger partial charge in [-0.15, -0.1) is 0 Å². The molecule has 4 atom stereocenters. The molecule has 2 aliphatic carbocycles. The average Bonchev–Trinajstić information content (AvgIpc) is 2.92. The highest BCUT2D eigenvalue weighted by Gasteiger charge is 2.53. The summed E-state index contributed by atoms with van der Waals surface area (Å²) in [7, 11) is 0. The van der Waals surface area contributed by atoms with Crippen LogP contribution in [0, 0.1) is 23.7 Å². The first-order valence-corrected chi connectivity index (χ1v) is 8.48. The Balaban J connectivity index is 1.47. The molecule has 22 heavy (non-hydrogen) atoms. The third-order valence-corrected chi connectivity index (χ3v) is 6.02. The Morgan fingerprint density at radius 3 is 2.50 bits per heavy atom. The minimum absolute atomic E-state index is 0.0512. The van der Waals surface area contributed by atoms with Crippen LogP contribution in [-0.2, 0) is 10.4 Å². The first kappa shape index (κ1) is 14.2. The van der Waals surface area contributed by atoms with E-state index in [2.05, 4.69) is 10.6 Å². The molecule has 0 spiro atoms. The second-order valence-electron chi connectivity index (χ2n) is 7.12. The molecule has 1 amide bonds. The second-order valence-corrected chi connectivity index (χ2v) is 7.12. The maximum Gasteiger partial charge on any atom is 0.256 e. The average molecular weight is 300 g/mol. The number of rotatable bonds is 5. The van der Waals surface area contributed by atoms with Gasteiger partial charge in [0.25, 0.3) is 5.91 Å². The zero-order valence-corrected chi connectivity index (χ0v) is 12.8. The van der Waals surface area contributed by atoms with Gasteiger partial charge < -0.3 is 15.7 Å². The summed E-state index contributed by atoms with van der Waals surface area (Å²) in [6, 6.07) is 9.44. The van der Waals surface area contributed by atoms with Gasteiger partial charge in [0, 0.05) is 12.5 Å². The van der Waals surface area contributed by atoms with E-state index in [9.17, 15) is 9.90 Å². The van der Waals surface area contributed by atoms with E-state index < -0.39 is 5.60 Å². The van der Waals surface area contributed by atoms with E-state index in [0.717, 1.165) is 49.8 Å². The Bertz CT molecular complexity index is 547. The smallest absolute Gasteiger partial charge is 0.256 e. The molecule has 1 aromatic rings. The third kappa shape index (κ3) is 2.17. The summed E-state index contributed by atoms with van der Waals surface area (Å²) in [6.07, 6.45) is 2.96. The number of aliphatic hydroxyl groups is 1. The van der Waals surface area contributed by atoms with Gasteiger partial charge in [-0.1, -0.05) is 36.8 Å². The molecule has 1 aliphatic heterocycles. The van der Waals surface area contributed by atoms with Gasteiger partial charge in [0.2, 0.25) is 0 Å². The molecule has 3 fully saturated rings. The molecule has 0 bridgehead atoms. The van der Waals surface area contributed by atoms with E-state index >= 15 is 0 Å². The molecule has 0 radical (unpaired) electrons. The molecule has 3 unspecified atom stereocenters. The summed E-state index contributed by atoms with van der Waals surface area (Å²) in [6.45, 7) is 2.87. The quantitative estimate of drug-likeness (QED) is 0.767. The Kier molecular flexibility index (Phi) is 3.46. The van der Waals surface area contributed by atoms with Crippen LogP contribution in [0.5, 0.6) is 0 Å². The number of carbonyl (C=O) groups is 1. The molecule has 3 N–H and O–H groups in total. The van der Waals surface area contributed by atoms with Crippen LogP contribution >= 0.6 is 0 Å². The number of nitrogens with one attached hydrogen (secondary N) is 2. The molecule has 3 aliphatic rings. The number of amides is 1. The molecule has 1 saturated heterocycles. The molecular weight excluding hydrogens is 276 g/mol. The van der Waals surface area contributed by atoms with Gasteiger partial charge in [-0.25, -0.2) is 0 Å². The zero-order chi connectivity index (χ0) is 15.2. The van der Waals surface area contributed by atoms with Crippen LogP contribution in [0.2, 0.25) is 0 Å². The minimum Gasteiger partial charge on any atom is -0.375 e. The van der Waals surface area contributed by atoms with Crippen LogP contribution in [0.4, 0.5) is 0 Å². The van der Waals surface area contributed by atoms with Crippen molar-refractivity contribution in [2.75, 3.05) is 19.6 Å². The molecule has 118 valence electrons. The molecule has 1 aromatic carbocycles. The van der Waals surface area contributed by atoms with Crippen molar-refractivity contribution < 1.29 is 9.90 Å². The largest absolute Gasteiger partial charge is 0.375 e. The highest BCUT2D eigenvalue weighted by Crippen LogP contribution is 2.48. The summed E-state index contributed by atoms with van der Waals surface area (Å²) in [5, 5.41) is 17.6. The van der Waals surface area contributed by atoms with E-state index in [-0.39, 0.29) is 11.8 Å². The number of fused-ring (bicyclic) bond motifs is 1. The summed E-state index contributed by atoms with van der Waals surface area (Å²) in [4.78, 5) is 12.8. The van der Waals surface area contributed by atoms with Gasteiger partial charge in [-0.2, -0.15) is 0 Å². The standard InChI is InChI=1S/C18H24N2O2/c21-17(20-11-16-14-9-19-10-15(14)16)18(22,13-7-4-8-13)12-5-2-1-3-6-12/h1-3,5-6,13-16,19,22H,4,7-11H2,(H,20,21)/t14-,15?,16?,18?/m0/s1. The number of benzene rings is 1. The van der Waals surface area contributed by atoms with Gasteiger partial charge >= 0.3 is 0 Å². The van der Waals surface area contributed by atoms with Crippen molar-refractivity contribution in [3.8, 4) is 0 Å². The van der Waals surface area contributed by atoms with Crippen molar-refractivity contribution in [3.05, 3.63) is 35.9 Å². The Morgan fingerprint density at radius 2 is 1.91 bits per heavy atom. The summed E-state index contributed by atoms with van der Waals surface area (Å²) in [5.74, 6) is 1.91. The van der Waals surface area contributed by atoms with Crippen LogP contribution in [0.15, 0.2) is 30.3 Å². The fourth-order valence-electron chi connectivity index (χ4n) is 4.27. The summed E-state index contributed by atoms with van der Waals surface area (Å²) >= 11 is 0. The number of carbonyl (C=O) groups excluding carboxylic acids is 1. The predicted octanol–water partition coefficient (Wildman–Crippen LogP) is 1.26.